The molecule has 8 heteroatoms. The van der Waals surface area contributed by atoms with Gasteiger partial charge in [0, 0.05) is 11.7 Å². The summed E-state index contributed by atoms with van der Waals surface area (Å²) in [4.78, 5) is 39.0. The van der Waals surface area contributed by atoms with Crippen LogP contribution in [0.25, 0.3) is 0 Å². The Morgan fingerprint density at radius 1 is 1.06 bits per heavy atom. The molecule has 2 N–H and O–H groups in total. The molecular formula is C25H29N3O5. The minimum atomic E-state index is -1.12. The number of rotatable bonds is 7. The smallest absolute Gasteiger partial charge is 0.408 e. The topological polar surface area (TPSA) is 97.0 Å². The lowest BCUT2D eigenvalue weighted by Gasteiger charge is -2.27. The Kier molecular flexibility index (Phi) is 8.46. The van der Waals surface area contributed by atoms with Crippen LogP contribution in [0.4, 0.5) is 10.5 Å². The number of anilines is 1. The summed E-state index contributed by atoms with van der Waals surface area (Å²) in [5.41, 5.74) is 1.30. The van der Waals surface area contributed by atoms with Crippen LogP contribution in [0.5, 0.6) is 5.75 Å². The van der Waals surface area contributed by atoms with E-state index in [2.05, 4.69) is 16.7 Å². The number of alkyl carbamates (subject to hydrolysis) is 1. The molecule has 0 bridgehead atoms. The van der Waals surface area contributed by atoms with Gasteiger partial charge in [0.25, 0.3) is 11.8 Å². The Labute approximate surface area is 194 Å². The van der Waals surface area contributed by atoms with Gasteiger partial charge in [-0.25, -0.2) is 4.79 Å². The number of hydrogen-bond donors (Lipinski definition) is 2. The summed E-state index contributed by atoms with van der Waals surface area (Å²) in [5.74, 6) is -0.511. The van der Waals surface area contributed by atoms with Gasteiger partial charge in [-0.3, -0.25) is 14.5 Å². The van der Waals surface area contributed by atoms with E-state index in [9.17, 15) is 14.4 Å². The number of terminal acetylenes is 1. The van der Waals surface area contributed by atoms with Crippen molar-refractivity contribution in [2.24, 2.45) is 0 Å². The van der Waals surface area contributed by atoms with Crippen molar-refractivity contribution in [3.63, 3.8) is 0 Å². The van der Waals surface area contributed by atoms with Crippen LogP contribution in [0, 0.1) is 19.4 Å². The largest absolute Gasteiger partial charge is 0.497 e. The van der Waals surface area contributed by atoms with Gasteiger partial charge in [-0.05, 0) is 57.5 Å². The quantitative estimate of drug-likeness (QED) is 0.495. The molecule has 2 aromatic rings. The van der Waals surface area contributed by atoms with Crippen molar-refractivity contribution in [1.29, 1.82) is 0 Å². The van der Waals surface area contributed by atoms with Crippen LogP contribution < -0.4 is 15.4 Å². The van der Waals surface area contributed by atoms with Crippen LogP contribution in [0.2, 0.25) is 0 Å². The van der Waals surface area contributed by atoms with Gasteiger partial charge in [0.1, 0.15) is 23.9 Å². The van der Waals surface area contributed by atoms with Crippen molar-refractivity contribution in [1.82, 2.24) is 10.2 Å². The molecule has 0 saturated carbocycles. The highest BCUT2D eigenvalue weighted by atomic mass is 16.6. The molecule has 33 heavy (non-hydrogen) atoms. The summed E-state index contributed by atoms with van der Waals surface area (Å²) in [6, 6.07) is 15.0. The van der Waals surface area contributed by atoms with Gasteiger partial charge in [0.2, 0.25) is 0 Å². The highest BCUT2D eigenvalue weighted by Crippen LogP contribution is 2.24. The molecule has 2 aromatic carbocycles. The zero-order valence-corrected chi connectivity index (χ0v) is 19.5. The lowest BCUT2D eigenvalue weighted by molar-refractivity contribution is -0.134. The summed E-state index contributed by atoms with van der Waals surface area (Å²) < 4.78 is 10.3. The highest BCUT2D eigenvalue weighted by Gasteiger charge is 2.31. The van der Waals surface area contributed by atoms with E-state index in [1.54, 1.807) is 64.3 Å². The van der Waals surface area contributed by atoms with Crippen molar-refractivity contribution in [2.75, 3.05) is 19.0 Å². The maximum atomic E-state index is 13.2. The average molecular weight is 452 g/mol. The first kappa shape index (κ1) is 25.3. The number of carbonyl (C=O) groups excluding carboxylic acids is 3. The number of methoxy groups -OCH3 is 1. The van der Waals surface area contributed by atoms with Crippen molar-refractivity contribution < 1.29 is 23.9 Å². The Morgan fingerprint density at radius 2 is 1.67 bits per heavy atom. The van der Waals surface area contributed by atoms with Gasteiger partial charge in [0.15, 0.2) is 0 Å². The highest BCUT2D eigenvalue weighted by molar-refractivity contribution is 5.99. The summed E-state index contributed by atoms with van der Waals surface area (Å²) in [6.07, 6.45) is 4.87. The minimum absolute atomic E-state index is 0.433. The number of hydrogen-bond acceptors (Lipinski definition) is 5. The van der Waals surface area contributed by atoms with Crippen molar-refractivity contribution in [2.45, 2.75) is 39.3 Å². The SMILES string of the molecule is C#CN(C(=O)CNC(=O)OC(C)(C)C)C(C(=O)Nc1ccc(OC)cc1)c1ccc(C)cc1. The number of ether oxygens (including phenoxy) is 2. The summed E-state index contributed by atoms with van der Waals surface area (Å²) in [6.45, 7) is 6.60. The Balaban J connectivity index is 2.25. The molecule has 0 saturated heterocycles. The summed E-state index contributed by atoms with van der Waals surface area (Å²) in [7, 11) is 1.54. The number of nitrogens with one attached hydrogen (secondary N) is 2. The van der Waals surface area contributed by atoms with Crippen molar-refractivity contribution in [3.8, 4) is 18.2 Å². The third-order valence-electron chi connectivity index (χ3n) is 4.45. The first-order valence-corrected chi connectivity index (χ1v) is 10.3. The monoisotopic (exact) mass is 451 g/mol. The fourth-order valence-electron chi connectivity index (χ4n) is 2.89. The molecule has 0 radical (unpaired) electrons. The minimum Gasteiger partial charge on any atom is -0.497 e. The van der Waals surface area contributed by atoms with Crippen LogP contribution in [0.1, 0.15) is 37.9 Å². The molecule has 174 valence electrons. The van der Waals surface area contributed by atoms with Gasteiger partial charge < -0.3 is 20.1 Å². The summed E-state index contributed by atoms with van der Waals surface area (Å²) in [5, 5.41) is 5.15. The molecule has 8 nitrogen and oxygen atoms in total. The molecule has 0 fully saturated rings. The van der Waals surface area contributed by atoms with E-state index in [0.29, 0.717) is 17.0 Å². The van der Waals surface area contributed by atoms with Gasteiger partial charge in [-0.2, -0.15) is 0 Å². The number of nitrogens with zero attached hydrogens (tertiary/aromatic N) is 1. The molecular weight excluding hydrogens is 422 g/mol. The molecule has 0 aliphatic rings. The Bertz CT molecular complexity index is 1020. The third-order valence-corrected chi connectivity index (χ3v) is 4.45. The predicted octanol–water partition coefficient (Wildman–Crippen LogP) is 3.63. The van der Waals surface area contributed by atoms with E-state index < -0.39 is 36.1 Å². The van der Waals surface area contributed by atoms with E-state index in [1.807, 2.05) is 19.1 Å². The van der Waals surface area contributed by atoms with E-state index in [1.165, 1.54) is 0 Å². The number of aryl methyl sites for hydroxylation is 1. The van der Waals surface area contributed by atoms with Crippen LogP contribution in [0.3, 0.4) is 0 Å². The molecule has 0 heterocycles. The maximum Gasteiger partial charge on any atom is 0.408 e. The molecule has 0 aliphatic carbocycles. The lowest BCUT2D eigenvalue weighted by atomic mass is 10.0. The molecule has 0 aliphatic heterocycles. The first-order valence-electron chi connectivity index (χ1n) is 10.3. The van der Waals surface area contributed by atoms with E-state index in [4.69, 9.17) is 15.9 Å². The second kappa shape index (κ2) is 11.0. The average Bonchev–Trinajstić information content (AvgIpc) is 2.76. The first-order chi connectivity index (χ1) is 15.5. The Hall–Kier alpha value is -3.99. The second-order valence-electron chi connectivity index (χ2n) is 8.28. The van der Waals surface area contributed by atoms with Gasteiger partial charge in [0.05, 0.1) is 7.11 Å². The second-order valence-corrected chi connectivity index (χ2v) is 8.28. The molecule has 1 unspecified atom stereocenters. The maximum absolute atomic E-state index is 13.2. The third kappa shape index (κ3) is 7.58. The fourth-order valence-corrected chi connectivity index (χ4v) is 2.89. The van der Waals surface area contributed by atoms with Crippen LogP contribution in [0.15, 0.2) is 48.5 Å². The normalized spacial score (nSPS) is 11.5. The number of amides is 3. The van der Waals surface area contributed by atoms with Crippen molar-refractivity contribution in [3.05, 3.63) is 59.7 Å². The van der Waals surface area contributed by atoms with Gasteiger partial charge in [-0.15, -0.1) is 0 Å². The fraction of sp³-hybridized carbons (Fsp3) is 0.320. The Morgan fingerprint density at radius 3 is 2.18 bits per heavy atom. The number of carbonyl (C=O) groups is 3. The van der Waals surface area contributed by atoms with E-state index >= 15 is 0 Å². The zero-order valence-electron chi connectivity index (χ0n) is 19.5. The molecule has 3 amide bonds. The number of benzene rings is 2. The molecule has 2 rings (SSSR count). The van der Waals surface area contributed by atoms with Crippen LogP contribution in [-0.4, -0.2) is 42.1 Å². The van der Waals surface area contributed by atoms with Gasteiger partial charge in [-0.1, -0.05) is 36.3 Å². The predicted molar refractivity (Wildman–Crippen MR) is 125 cm³/mol. The zero-order chi connectivity index (χ0) is 24.6. The van der Waals surface area contributed by atoms with E-state index in [0.717, 1.165) is 10.5 Å². The molecule has 1 atom stereocenters. The molecule has 0 aromatic heterocycles. The summed E-state index contributed by atoms with van der Waals surface area (Å²) >= 11 is 0. The molecule has 0 spiro atoms. The van der Waals surface area contributed by atoms with Gasteiger partial charge >= 0.3 is 6.09 Å². The lowest BCUT2D eigenvalue weighted by Crippen LogP contribution is -2.44. The van der Waals surface area contributed by atoms with Crippen LogP contribution >= 0.6 is 0 Å². The van der Waals surface area contributed by atoms with Crippen LogP contribution in [-0.2, 0) is 14.3 Å². The van der Waals surface area contributed by atoms with Crippen molar-refractivity contribution >= 4 is 23.6 Å². The standard InChI is InChI=1S/C25H29N3O5/c1-7-28(21(29)16-26-24(31)33-25(3,4)5)22(18-10-8-17(2)9-11-18)23(30)27-19-12-14-20(32-6)15-13-19/h1,8-15,22H,16H2,2-6H3,(H,26,31)(H,27,30). The van der Waals surface area contributed by atoms with E-state index in [-0.39, 0.29) is 0 Å².